The van der Waals surface area contributed by atoms with Crippen LogP contribution in [0.2, 0.25) is 0 Å². The maximum absolute atomic E-state index is 5.46. The minimum absolute atomic E-state index is 0.163. The Labute approximate surface area is 56.4 Å². The van der Waals surface area contributed by atoms with Crippen LogP contribution in [0.4, 0.5) is 0 Å². The Kier molecular flexibility index (Phi) is 4.67. The molecule has 9 heavy (non-hydrogen) atoms. The third kappa shape index (κ3) is 7.88. The van der Waals surface area contributed by atoms with Gasteiger partial charge >= 0.3 is 0 Å². The minimum Gasteiger partial charge on any atom is -0.364 e. The van der Waals surface area contributed by atoms with E-state index in [1.807, 2.05) is 6.92 Å². The molecule has 0 rings (SSSR count). The molecule has 0 fully saturated rings. The molecule has 2 unspecified atom stereocenters. The van der Waals surface area contributed by atoms with Gasteiger partial charge in [0, 0.05) is 6.04 Å². The molecule has 0 aliphatic carbocycles. The van der Waals surface area contributed by atoms with Crippen molar-refractivity contribution in [1.82, 2.24) is 0 Å². The molecule has 0 aliphatic heterocycles. The first-order chi connectivity index (χ1) is 4.13. The standard InChI is InChI=1S/C6H16N2O/c1-5(7)3-4-9-6(2)8/h5-6H,3-4,7-8H2,1-2H3. The first-order valence-corrected chi connectivity index (χ1v) is 3.25. The maximum Gasteiger partial charge on any atom is 0.102 e. The van der Waals surface area contributed by atoms with Crippen LogP contribution >= 0.6 is 0 Å². The summed E-state index contributed by atoms with van der Waals surface area (Å²) in [6, 6.07) is 0.212. The van der Waals surface area contributed by atoms with Crippen LogP contribution < -0.4 is 11.5 Å². The fourth-order valence-corrected chi connectivity index (χ4v) is 0.440. The van der Waals surface area contributed by atoms with Crippen molar-refractivity contribution in [1.29, 1.82) is 0 Å². The van der Waals surface area contributed by atoms with Gasteiger partial charge in [-0.2, -0.15) is 0 Å². The number of hydrogen-bond acceptors (Lipinski definition) is 3. The zero-order chi connectivity index (χ0) is 7.28. The molecule has 0 bridgehead atoms. The van der Waals surface area contributed by atoms with Crippen LogP contribution in [0.15, 0.2) is 0 Å². The van der Waals surface area contributed by atoms with E-state index in [-0.39, 0.29) is 12.3 Å². The molecule has 2 atom stereocenters. The van der Waals surface area contributed by atoms with Crippen LogP contribution in [0.1, 0.15) is 20.3 Å². The van der Waals surface area contributed by atoms with Crippen molar-refractivity contribution in [3.63, 3.8) is 0 Å². The van der Waals surface area contributed by atoms with Crippen LogP contribution in [0, 0.1) is 0 Å². The second-order valence-electron chi connectivity index (χ2n) is 2.34. The first-order valence-electron chi connectivity index (χ1n) is 3.25. The predicted octanol–water partition coefficient (Wildman–Crippen LogP) is 0.0450. The van der Waals surface area contributed by atoms with E-state index in [0.29, 0.717) is 6.61 Å². The van der Waals surface area contributed by atoms with Crippen LogP contribution in [-0.4, -0.2) is 18.9 Å². The molecule has 0 spiro atoms. The normalized spacial score (nSPS) is 17.3. The van der Waals surface area contributed by atoms with E-state index >= 15 is 0 Å². The summed E-state index contributed by atoms with van der Waals surface area (Å²) in [7, 11) is 0. The van der Waals surface area contributed by atoms with Crippen molar-refractivity contribution in [2.75, 3.05) is 6.61 Å². The highest BCUT2D eigenvalue weighted by Crippen LogP contribution is 1.88. The first kappa shape index (κ1) is 8.88. The molecule has 0 aromatic heterocycles. The SMILES string of the molecule is CC(N)CCOC(C)N. The van der Waals surface area contributed by atoms with E-state index in [0.717, 1.165) is 6.42 Å². The van der Waals surface area contributed by atoms with Crippen LogP contribution in [0.3, 0.4) is 0 Å². The Morgan fingerprint density at radius 2 is 1.89 bits per heavy atom. The Bertz CT molecular complexity index is 56.1. The number of ether oxygens (including phenoxy) is 1. The molecule has 56 valence electrons. The molecule has 0 radical (unpaired) electrons. The van der Waals surface area contributed by atoms with Crippen molar-refractivity contribution in [3.8, 4) is 0 Å². The third-order valence-corrected chi connectivity index (χ3v) is 0.954. The zero-order valence-electron chi connectivity index (χ0n) is 6.13. The van der Waals surface area contributed by atoms with Gasteiger partial charge in [0.25, 0.3) is 0 Å². The number of rotatable bonds is 4. The van der Waals surface area contributed by atoms with Gasteiger partial charge in [0.2, 0.25) is 0 Å². The molecular weight excluding hydrogens is 116 g/mol. The van der Waals surface area contributed by atoms with E-state index in [1.54, 1.807) is 6.92 Å². The van der Waals surface area contributed by atoms with E-state index in [2.05, 4.69) is 0 Å². The van der Waals surface area contributed by atoms with Gasteiger partial charge in [-0.05, 0) is 20.3 Å². The van der Waals surface area contributed by atoms with E-state index < -0.39 is 0 Å². The van der Waals surface area contributed by atoms with Gasteiger partial charge < -0.3 is 16.2 Å². The lowest BCUT2D eigenvalue weighted by molar-refractivity contribution is 0.0665. The van der Waals surface area contributed by atoms with Crippen LogP contribution in [-0.2, 0) is 4.74 Å². The average molecular weight is 132 g/mol. The fraction of sp³-hybridized carbons (Fsp3) is 1.00. The smallest absolute Gasteiger partial charge is 0.102 e. The molecule has 0 aliphatic rings. The second-order valence-corrected chi connectivity index (χ2v) is 2.34. The van der Waals surface area contributed by atoms with Gasteiger partial charge in [0.1, 0.15) is 6.23 Å². The van der Waals surface area contributed by atoms with Crippen LogP contribution in [0.25, 0.3) is 0 Å². The summed E-state index contributed by atoms with van der Waals surface area (Å²) in [5.74, 6) is 0. The quantitative estimate of drug-likeness (QED) is 0.531. The molecular formula is C6H16N2O. The lowest BCUT2D eigenvalue weighted by atomic mass is 10.3. The van der Waals surface area contributed by atoms with Gasteiger partial charge in [-0.25, -0.2) is 0 Å². The van der Waals surface area contributed by atoms with E-state index in [1.165, 1.54) is 0 Å². The van der Waals surface area contributed by atoms with Crippen molar-refractivity contribution in [2.45, 2.75) is 32.5 Å². The lowest BCUT2D eigenvalue weighted by Gasteiger charge is -2.08. The minimum atomic E-state index is -0.163. The van der Waals surface area contributed by atoms with Crippen molar-refractivity contribution < 1.29 is 4.74 Å². The highest BCUT2D eigenvalue weighted by atomic mass is 16.5. The summed E-state index contributed by atoms with van der Waals surface area (Å²) in [4.78, 5) is 0. The summed E-state index contributed by atoms with van der Waals surface area (Å²) >= 11 is 0. The topological polar surface area (TPSA) is 61.3 Å². The van der Waals surface area contributed by atoms with Gasteiger partial charge in [-0.3, -0.25) is 0 Å². The maximum atomic E-state index is 5.46. The molecule has 3 heteroatoms. The van der Waals surface area contributed by atoms with Gasteiger partial charge in [-0.1, -0.05) is 0 Å². The zero-order valence-corrected chi connectivity index (χ0v) is 6.13. The molecule has 0 saturated heterocycles. The monoisotopic (exact) mass is 132 g/mol. The molecule has 3 nitrogen and oxygen atoms in total. The number of nitrogens with two attached hydrogens (primary N) is 2. The molecule has 0 saturated carbocycles. The van der Waals surface area contributed by atoms with Gasteiger partial charge in [0.05, 0.1) is 6.61 Å². The molecule has 0 amide bonds. The molecule has 0 heterocycles. The van der Waals surface area contributed by atoms with Crippen molar-refractivity contribution >= 4 is 0 Å². The molecule has 0 aromatic rings. The van der Waals surface area contributed by atoms with E-state index in [4.69, 9.17) is 16.2 Å². The van der Waals surface area contributed by atoms with Gasteiger partial charge in [0.15, 0.2) is 0 Å². The molecule has 0 aromatic carbocycles. The Morgan fingerprint density at radius 1 is 1.33 bits per heavy atom. The van der Waals surface area contributed by atoms with Crippen molar-refractivity contribution in [3.05, 3.63) is 0 Å². The predicted molar refractivity (Wildman–Crippen MR) is 37.9 cm³/mol. The van der Waals surface area contributed by atoms with Crippen LogP contribution in [0.5, 0.6) is 0 Å². The highest BCUT2D eigenvalue weighted by molar-refractivity contribution is 4.50. The lowest BCUT2D eigenvalue weighted by Crippen LogP contribution is -2.23. The van der Waals surface area contributed by atoms with E-state index in [9.17, 15) is 0 Å². The summed E-state index contributed by atoms with van der Waals surface area (Å²) in [5.41, 5.74) is 10.8. The van der Waals surface area contributed by atoms with Crippen molar-refractivity contribution in [2.24, 2.45) is 11.5 Å². The highest BCUT2D eigenvalue weighted by Gasteiger charge is 1.95. The summed E-state index contributed by atoms with van der Waals surface area (Å²) in [6.45, 7) is 4.42. The Balaban J connectivity index is 2.91. The Morgan fingerprint density at radius 3 is 2.22 bits per heavy atom. The number of hydrogen-bond donors (Lipinski definition) is 2. The second kappa shape index (κ2) is 4.73. The fourth-order valence-electron chi connectivity index (χ4n) is 0.440. The summed E-state index contributed by atoms with van der Waals surface area (Å²) in [6.07, 6.45) is 0.713. The summed E-state index contributed by atoms with van der Waals surface area (Å²) < 4.78 is 5.05. The Hall–Kier alpha value is -0.120. The largest absolute Gasteiger partial charge is 0.364 e. The third-order valence-electron chi connectivity index (χ3n) is 0.954. The average Bonchev–Trinajstić information content (AvgIpc) is 1.63. The van der Waals surface area contributed by atoms with Gasteiger partial charge in [-0.15, -0.1) is 0 Å². The summed E-state index contributed by atoms with van der Waals surface area (Å²) in [5, 5.41) is 0. The molecule has 4 N–H and O–H groups in total.